The summed E-state index contributed by atoms with van der Waals surface area (Å²) >= 11 is 0. The highest BCUT2D eigenvalue weighted by Crippen LogP contribution is 2.42. The number of nitrogens with zero attached hydrogens (tertiary/aromatic N) is 1. The van der Waals surface area contributed by atoms with Crippen LogP contribution < -0.4 is 10.2 Å². The second kappa shape index (κ2) is 13.7. The zero-order chi connectivity index (χ0) is 23.6. The topological polar surface area (TPSA) is 3.24 Å². The number of hydrogen-bond acceptors (Lipinski definition) is 1. The van der Waals surface area contributed by atoms with Crippen molar-refractivity contribution in [3.63, 3.8) is 0 Å². The molecule has 1 atom stereocenters. The lowest BCUT2D eigenvalue weighted by atomic mass is 9.68. The number of anilines is 1. The van der Waals surface area contributed by atoms with Crippen LogP contribution in [-0.4, -0.2) is 20.3 Å². The van der Waals surface area contributed by atoms with Crippen LogP contribution in [0.3, 0.4) is 0 Å². The van der Waals surface area contributed by atoms with E-state index in [1.165, 1.54) is 113 Å². The maximum Gasteiger partial charge on any atom is 0.0440 e. The highest BCUT2D eigenvalue weighted by atomic mass is 31.1. The average molecular weight is 478 g/mol. The Morgan fingerprint density at radius 3 is 1.94 bits per heavy atom. The van der Waals surface area contributed by atoms with Gasteiger partial charge in [0.05, 0.1) is 0 Å². The standard InChI is InChI=1S/C32H48NP/c1-33(2)31-23-13-11-21-29(31)30-22-12-14-24-32(30)34-25-15-5-10-20-28(26-16-6-3-7-17-26)27-18-8-4-9-19-27/h11-14,21-24,26-28,34H,3-10,15-20,25H2,1-2H3. The summed E-state index contributed by atoms with van der Waals surface area (Å²) in [5.74, 6) is 3.16. The molecule has 2 aliphatic rings. The molecule has 4 rings (SSSR count). The Balaban J connectivity index is 1.28. The van der Waals surface area contributed by atoms with E-state index in [-0.39, 0.29) is 0 Å². The summed E-state index contributed by atoms with van der Waals surface area (Å²) in [5.41, 5.74) is 4.12. The molecule has 0 heterocycles. The van der Waals surface area contributed by atoms with E-state index in [1.54, 1.807) is 5.30 Å². The normalized spacial score (nSPS) is 18.2. The molecule has 1 nitrogen and oxygen atoms in total. The fourth-order valence-electron chi connectivity index (χ4n) is 6.85. The smallest absolute Gasteiger partial charge is 0.0440 e. The minimum Gasteiger partial charge on any atom is -0.377 e. The zero-order valence-corrected chi connectivity index (χ0v) is 22.9. The number of unbranched alkanes of at least 4 members (excludes halogenated alkanes) is 2. The molecule has 2 heteroatoms. The molecule has 0 amide bonds. The minimum atomic E-state index is 0.915. The van der Waals surface area contributed by atoms with Crippen LogP contribution in [0, 0.1) is 17.8 Å². The van der Waals surface area contributed by atoms with Crippen molar-refractivity contribution in [2.45, 2.75) is 89.9 Å². The van der Waals surface area contributed by atoms with E-state index >= 15 is 0 Å². The second-order valence-electron chi connectivity index (χ2n) is 11.2. The van der Waals surface area contributed by atoms with E-state index in [9.17, 15) is 0 Å². The van der Waals surface area contributed by atoms with Crippen LogP contribution in [0.2, 0.25) is 0 Å². The Bertz CT molecular complexity index is 830. The van der Waals surface area contributed by atoms with Gasteiger partial charge in [-0.3, -0.25) is 0 Å². The predicted molar refractivity (Wildman–Crippen MR) is 154 cm³/mol. The van der Waals surface area contributed by atoms with Gasteiger partial charge >= 0.3 is 0 Å². The summed E-state index contributed by atoms with van der Waals surface area (Å²) in [6.07, 6.45) is 22.3. The summed E-state index contributed by atoms with van der Waals surface area (Å²) in [4.78, 5) is 2.24. The summed E-state index contributed by atoms with van der Waals surface area (Å²) in [6.45, 7) is 0. The molecule has 0 aliphatic heterocycles. The van der Waals surface area contributed by atoms with Crippen molar-refractivity contribution in [3.05, 3.63) is 48.5 Å². The molecule has 0 radical (unpaired) electrons. The molecule has 2 aromatic carbocycles. The molecule has 0 N–H and O–H groups in total. The maximum absolute atomic E-state index is 2.36. The third-order valence-corrected chi connectivity index (χ3v) is 10.1. The van der Waals surface area contributed by atoms with Crippen LogP contribution in [0.4, 0.5) is 5.69 Å². The van der Waals surface area contributed by atoms with E-state index in [0.717, 1.165) is 26.3 Å². The number of para-hydroxylation sites is 1. The highest BCUT2D eigenvalue weighted by Gasteiger charge is 2.30. The van der Waals surface area contributed by atoms with Crippen LogP contribution in [0.5, 0.6) is 0 Å². The Morgan fingerprint density at radius 1 is 0.706 bits per heavy atom. The van der Waals surface area contributed by atoms with Gasteiger partial charge in [0.15, 0.2) is 0 Å². The predicted octanol–water partition coefficient (Wildman–Crippen LogP) is 9.06. The maximum atomic E-state index is 2.36. The Hall–Kier alpha value is -1.33. The van der Waals surface area contributed by atoms with Gasteiger partial charge in [0.2, 0.25) is 0 Å². The first-order valence-corrected chi connectivity index (χ1v) is 15.5. The van der Waals surface area contributed by atoms with Crippen LogP contribution >= 0.6 is 8.58 Å². The summed E-state index contributed by atoms with van der Waals surface area (Å²) in [6, 6.07) is 18.0. The number of benzene rings is 2. The van der Waals surface area contributed by atoms with Gasteiger partial charge < -0.3 is 4.90 Å². The zero-order valence-electron chi connectivity index (χ0n) is 21.9. The number of hydrogen-bond donors (Lipinski definition) is 0. The lowest BCUT2D eigenvalue weighted by Gasteiger charge is -2.38. The SMILES string of the molecule is CN(C)c1ccccc1-c1ccccc1PCCCCCC(C1CCCCC1)C1CCCCC1. The third kappa shape index (κ3) is 7.10. The van der Waals surface area contributed by atoms with Crippen molar-refractivity contribution in [2.24, 2.45) is 17.8 Å². The summed E-state index contributed by atoms with van der Waals surface area (Å²) in [7, 11) is 5.22. The van der Waals surface area contributed by atoms with E-state index < -0.39 is 0 Å². The molecular formula is C32H48NP. The average Bonchev–Trinajstić information content (AvgIpc) is 2.89. The van der Waals surface area contributed by atoms with Crippen LogP contribution in [0.1, 0.15) is 89.9 Å². The monoisotopic (exact) mass is 477 g/mol. The lowest BCUT2D eigenvalue weighted by molar-refractivity contribution is 0.132. The van der Waals surface area contributed by atoms with E-state index in [4.69, 9.17) is 0 Å². The van der Waals surface area contributed by atoms with Crippen LogP contribution in [0.25, 0.3) is 11.1 Å². The molecule has 0 spiro atoms. The lowest BCUT2D eigenvalue weighted by Crippen LogP contribution is -2.27. The van der Waals surface area contributed by atoms with Gasteiger partial charge in [-0.1, -0.05) is 128 Å². The molecule has 2 aliphatic carbocycles. The highest BCUT2D eigenvalue weighted by molar-refractivity contribution is 7.47. The van der Waals surface area contributed by atoms with Gasteiger partial charge in [-0.05, 0) is 53.7 Å². The Kier molecular flexibility index (Phi) is 10.4. The quantitative estimate of drug-likeness (QED) is 0.230. The van der Waals surface area contributed by atoms with Crippen molar-refractivity contribution in [1.29, 1.82) is 0 Å². The molecule has 34 heavy (non-hydrogen) atoms. The summed E-state index contributed by atoms with van der Waals surface area (Å²) < 4.78 is 0. The third-order valence-electron chi connectivity index (χ3n) is 8.64. The van der Waals surface area contributed by atoms with Crippen molar-refractivity contribution < 1.29 is 0 Å². The largest absolute Gasteiger partial charge is 0.377 e. The van der Waals surface area contributed by atoms with Crippen molar-refractivity contribution in [2.75, 3.05) is 25.2 Å². The molecule has 1 unspecified atom stereocenters. The van der Waals surface area contributed by atoms with Gasteiger partial charge in [0.1, 0.15) is 0 Å². The molecular weight excluding hydrogens is 429 g/mol. The Labute approximate surface area is 211 Å². The van der Waals surface area contributed by atoms with Crippen LogP contribution in [0.15, 0.2) is 48.5 Å². The van der Waals surface area contributed by atoms with Crippen molar-refractivity contribution >= 4 is 19.6 Å². The molecule has 0 aromatic heterocycles. The van der Waals surface area contributed by atoms with Crippen molar-refractivity contribution in [3.8, 4) is 11.1 Å². The number of rotatable bonds is 11. The summed E-state index contributed by atoms with van der Waals surface area (Å²) in [5, 5.41) is 1.54. The van der Waals surface area contributed by atoms with E-state index in [0.29, 0.717) is 0 Å². The van der Waals surface area contributed by atoms with Gasteiger partial charge in [0, 0.05) is 25.3 Å². The molecule has 0 saturated heterocycles. The molecule has 2 saturated carbocycles. The minimum absolute atomic E-state index is 0.915. The van der Waals surface area contributed by atoms with Crippen molar-refractivity contribution in [1.82, 2.24) is 0 Å². The van der Waals surface area contributed by atoms with Crippen LogP contribution in [-0.2, 0) is 0 Å². The van der Waals surface area contributed by atoms with Gasteiger partial charge in [-0.15, -0.1) is 0 Å². The first-order valence-electron chi connectivity index (χ1n) is 14.3. The van der Waals surface area contributed by atoms with Gasteiger partial charge in [-0.2, -0.15) is 0 Å². The van der Waals surface area contributed by atoms with Gasteiger partial charge in [-0.25, -0.2) is 0 Å². The Morgan fingerprint density at radius 2 is 1.29 bits per heavy atom. The fraction of sp³-hybridized carbons (Fsp3) is 0.625. The first kappa shape index (κ1) is 25.8. The van der Waals surface area contributed by atoms with E-state index in [1.807, 2.05) is 0 Å². The molecule has 0 bridgehead atoms. The first-order chi connectivity index (χ1) is 16.7. The molecule has 2 aromatic rings. The second-order valence-corrected chi connectivity index (χ2v) is 12.6. The fourth-order valence-corrected chi connectivity index (χ4v) is 8.17. The molecule has 2 fully saturated rings. The molecule has 186 valence electrons. The van der Waals surface area contributed by atoms with E-state index in [2.05, 4.69) is 67.5 Å². The van der Waals surface area contributed by atoms with Gasteiger partial charge in [0.25, 0.3) is 0 Å².